The number of ether oxygens (including phenoxy) is 1. The Labute approximate surface area is 226 Å². The van der Waals surface area contributed by atoms with E-state index in [1.807, 2.05) is 6.07 Å². The van der Waals surface area contributed by atoms with Gasteiger partial charge in [0, 0.05) is 19.3 Å². The van der Waals surface area contributed by atoms with E-state index < -0.39 is 48.7 Å². The normalized spacial score (nSPS) is 11.6. The smallest absolute Gasteiger partial charge is 0.408 e. The summed E-state index contributed by atoms with van der Waals surface area (Å²) in [5, 5.41) is 27.4. The predicted octanol–water partition coefficient (Wildman–Crippen LogP) is 0.694. The number of benzene rings is 1. The molecular weight excluding hydrogens is 524 g/mol. The average molecular weight is 553 g/mol. The molecule has 0 aliphatic carbocycles. The molecule has 4 rings (SSSR count). The predicted molar refractivity (Wildman–Crippen MR) is 142 cm³/mol. The Morgan fingerprint density at radius 2 is 1.90 bits per heavy atom. The van der Waals surface area contributed by atoms with Crippen molar-refractivity contribution in [3.05, 3.63) is 70.4 Å². The van der Waals surface area contributed by atoms with Crippen LogP contribution < -0.4 is 21.6 Å². The van der Waals surface area contributed by atoms with E-state index in [1.165, 1.54) is 0 Å². The molecule has 3 aromatic heterocycles. The summed E-state index contributed by atoms with van der Waals surface area (Å²) in [7, 11) is 0. The number of carboxylic acids is 1. The van der Waals surface area contributed by atoms with Crippen LogP contribution in [0.15, 0.2) is 53.5 Å². The lowest BCUT2D eigenvalue weighted by Crippen LogP contribution is -2.49. The highest BCUT2D eigenvalue weighted by molar-refractivity contribution is 5.82. The summed E-state index contributed by atoms with van der Waals surface area (Å²) in [6.45, 7) is -0.609. The summed E-state index contributed by atoms with van der Waals surface area (Å²) in [6, 6.07) is 11.0. The Balaban J connectivity index is 1.22. The lowest BCUT2D eigenvalue weighted by atomic mass is 10.2. The first-order valence-corrected chi connectivity index (χ1v) is 12.3. The number of fused-ring (bicyclic) bond motifs is 1. The van der Waals surface area contributed by atoms with Gasteiger partial charge in [-0.05, 0) is 30.5 Å². The fourth-order valence-corrected chi connectivity index (χ4v) is 3.76. The number of carbonyl (C=O) groups excluding carboxylic acids is 2. The minimum absolute atomic E-state index is 0.0587. The Hall–Kier alpha value is -5.34. The average Bonchev–Trinajstić information content (AvgIpc) is 3.48. The number of aromatic amines is 2. The molecule has 0 spiro atoms. The van der Waals surface area contributed by atoms with Gasteiger partial charge in [-0.1, -0.05) is 30.3 Å². The first-order chi connectivity index (χ1) is 19.3. The summed E-state index contributed by atoms with van der Waals surface area (Å²) < 4.78 is 5.84. The fourth-order valence-electron chi connectivity index (χ4n) is 3.76. The van der Waals surface area contributed by atoms with Crippen LogP contribution in [0.5, 0.6) is 5.88 Å². The minimum atomic E-state index is -1.48. The summed E-state index contributed by atoms with van der Waals surface area (Å²) in [4.78, 5) is 62.2. The van der Waals surface area contributed by atoms with Gasteiger partial charge in [0.25, 0.3) is 0 Å². The molecule has 0 aliphatic heterocycles. The number of anilines is 1. The van der Waals surface area contributed by atoms with E-state index in [0.29, 0.717) is 36.5 Å². The maximum absolute atomic E-state index is 12.4. The quantitative estimate of drug-likeness (QED) is 0.115. The molecule has 0 fully saturated rings. The Bertz CT molecular complexity index is 1500. The maximum Gasteiger partial charge on any atom is 0.408 e. The van der Waals surface area contributed by atoms with Crippen LogP contribution in [0.2, 0.25) is 0 Å². The van der Waals surface area contributed by atoms with Crippen molar-refractivity contribution < 1.29 is 29.3 Å². The van der Waals surface area contributed by atoms with E-state index in [9.17, 15) is 29.4 Å². The Kier molecular flexibility index (Phi) is 8.96. The highest BCUT2D eigenvalue weighted by atomic mass is 16.5. The molecule has 0 aliphatic rings. The molecule has 0 radical (unpaired) electrons. The molecule has 0 saturated carbocycles. The van der Waals surface area contributed by atoms with Crippen LogP contribution in [-0.2, 0) is 33.9 Å². The second kappa shape index (κ2) is 12.9. The third-order valence-electron chi connectivity index (χ3n) is 5.79. The second-order valence-electron chi connectivity index (χ2n) is 8.71. The zero-order valence-electron chi connectivity index (χ0n) is 21.2. The van der Waals surface area contributed by atoms with Gasteiger partial charge in [-0.15, -0.1) is 0 Å². The molecule has 0 saturated heterocycles. The number of amides is 2. The third kappa shape index (κ3) is 7.37. The van der Waals surface area contributed by atoms with Crippen LogP contribution in [0.1, 0.15) is 17.7 Å². The lowest BCUT2D eigenvalue weighted by Gasteiger charge is -2.15. The number of carboxylic acid groups (broad SMARTS) is 1. The first-order valence-electron chi connectivity index (χ1n) is 12.3. The van der Waals surface area contributed by atoms with Gasteiger partial charge in [0.15, 0.2) is 5.65 Å². The molecule has 15 nitrogen and oxygen atoms in total. The van der Waals surface area contributed by atoms with Crippen molar-refractivity contribution in [2.75, 3.05) is 18.4 Å². The summed E-state index contributed by atoms with van der Waals surface area (Å²) in [5.41, 5.74) is 1.63. The number of aromatic hydroxyl groups is 1. The number of aliphatic carboxylic acids is 1. The summed E-state index contributed by atoms with van der Waals surface area (Å²) in [6.07, 6.45) is 1.50. The molecule has 7 N–H and O–H groups in total. The second-order valence-corrected chi connectivity index (χ2v) is 8.71. The number of aryl methyl sites for hydroxylation is 1. The standard InChI is InChI=1S/C25H28N8O7/c34-19(28-12-18(22(36)37)31-25(39)40-14-15-6-2-1-3-7-15)13-33-21(35)17(30-24(33)38)9-5-11-27-23-29-16-8-4-10-26-20(16)32-23/h1-4,6-8,10,18,35H,5,9,11-14H2,(H,28,34)(H,30,38)(H,31,39)(H,36,37)(H2,26,27,29,32)/t18-/m0/s1. The van der Waals surface area contributed by atoms with Crippen molar-refractivity contribution in [2.24, 2.45) is 0 Å². The molecule has 1 atom stereocenters. The maximum atomic E-state index is 12.4. The van der Waals surface area contributed by atoms with E-state index in [0.717, 1.165) is 10.1 Å². The highest BCUT2D eigenvalue weighted by Crippen LogP contribution is 2.15. The van der Waals surface area contributed by atoms with Crippen molar-refractivity contribution in [3.63, 3.8) is 0 Å². The number of hydrogen-bond donors (Lipinski definition) is 7. The number of rotatable bonds is 13. The minimum Gasteiger partial charge on any atom is -0.493 e. The SMILES string of the molecule is O=C(Cn1c(O)c(CCCNc2nc3ncccc3[nH]2)[nH]c1=O)NC[C@H](NC(=O)OCc1ccccc1)C(=O)O. The number of alkyl carbamates (subject to hydrolysis) is 1. The van der Waals surface area contributed by atoms with Crippen LogP contribution in [0, 0.1) is 0 Å². The first kappa shape index (κ1) is 27.7. The number of H-pyrrole nitrogens is 2. The van der Waals surface area contributed by atoms with Gasteiger partial charge in [-0.25, -0.2) is 19.4 Å². The highest BCUT2D eigenvalue weighted by Gasteiger charge is 2.22. The van der Waals surface area contributed by atoms with Gasteiger partial charge < -0.3 is 40.9 Å². The largest absolute Gasteiger partial charge is 0.493 e. The molecule has 3 heterocycles. The van der Waals surface area contributed by atoms with Crippen molar-refractivity contribution in [1.82, 2.24) is 35.1 Å². The third-order valence-corrected chi connectivity index (χ3v) is 5.79. The topological polar surface area (TPSA) is 216 Å². The molecule has 0 bridgehead atoms. The van der Waals surface area contributed by atoms with E-state index in [2.05, 4.69) is 35.9 Å². The van der Waals surface area contributed by atoms with Crippen molar-refractivity contribution >= 4 is 35.1 Å². The zero-order chi connectivity index (χ0) is 28.5. The molecule has 4 aromatic rings. The Morgan fingerprint density at radius 3 is 2.65 bits per heavy atom. The van der Waals surface area contributed by atoms with Gasteiger partial charge in [0.2, 0.25) is 17.7 Å². The van der Waals surface area contributed by atoms with Crippen LogP contribution in [0.3, 0.4) is 0 Å². The summed E-state index contributed by atoms with van der Waals surface area (Å²) in [5.74, 6) is -1.99. The molecular formula is C25H28N8O7. The van der Waals surface area contributed by atoms with Crippen LogP contribution in [0.4, 0.5) is 10.7 Å². The lowest BCUT2D eigenvalue weighted by molar-refractivity contribution is -0.139. The van der Waals surface area contributed by atoms with Crippen molar-refractivity contribution in [2.45, 2.75) is 32.0 Å². The molecule has 0 unspecified atom stereocenters. The van der Waals surface area contributed by atoms with Gasteiger partial charge in [0.1, 0.15) is 19.2 Å². The van der Waals surface area contributed by atoms with Gasteiger partial charge in [0.05, 0.1) is 11.2 Å². The summed E-state index contributed by atoms with van der Waals surface area (Å²) >= 11 is 0. The van der Waals surface area contributed by atoms with E-state index in [1.54, 1.807) is 42.6 Å². The number of imidazole rings is 2. The van der Waals surface area contributed by atoms with E-state index in [4.69, 9.17) is 4.74 Å². The van der Waals surface area contributed by atoms with Gasteiger partial charge >= 0.3 is 17.8 Å². The monoisotopic (exact) mass is 552 g/mol. The number of carbonyl (C=O) groups is 3. The number of nitrogens with zero attached hydrogens (tertiary/aromatic N) is 3. The molecule has 1 aromatic carbocycles. The zero-order valence-corrected chi connectivity index (χ0v) is 21.2. The number of aromatic nitrogens is 5. The number of hydrogen-bond acceptors (Lipinski definition) is 9. The van der Waals surface area contributed by atoms with Gasteiger partial charge in [-0.3, -0.25) is 9.36 Å². The van der Waals surface area contributed by atoms with Crippen LogP contribution in [-0.4, -0.2) is 71.8 Å². The molecule has 15 heteroatoms. The fraction of sp³-hybridized carbons (Fsp3) is 0.280. The van der Waals surface area contributed by atoms with Gasteiger partial charge in [-0.2, -0.15) is 4.98 Å². The molecule has 40 heavy (non-hydrogen) atoms. The van der Waals surface area contributed by atoms with Crippen LogP contribution in [0.25, 0.3) is 11.2 Å². The van der Waals surface area contributed by atoms with Crippen molar-refractivity contribution in [1.29, 1.82) is 0 Å². The number of nitrogens with one attached hydrogen (secondary N) is 5. The number of pyridine rings is 1. The van der Waals surface area contributed by atoms with Crippen LogP contribution >= 0.6 is 0 Å². The van der Waals surface area contributed by atoms with E-state index >= 15 is 0 Å². The molecule has 210 valence electrons. The van der Waals surface area contributed by atoms with Crippen molar-refractivity contribution in [3.8, 4) is 5.88 Å². The Morgan fingerprint density at radius 1 is 1.10 bits per heavy atom. The van der Waals surface area contributed by atoms with E-state index in [-0.39, 0.29) is 12.3 Å². The molecule has 2 amide bonds.